The van der Waals surface area contributed by atoms with E-state index in [0.29, 0.717) is 20.9 Å². The largest absolute Gasteiger partial charge is 0.331 e. The minimum absolute atomic E-state index is 0.159. The minimum Gasteiger partial charge on any atom is -0.331 e. The molecule has 1 atom stereocenters. The molecular formula is C22H19ClN4O2S. The molecule has 2 amide bonds. The zero-order valence-electron chi connectivity index (χ0n) is 16.1. The number of benzene rings is 2. The molecule has 3 N–H and O–H groups in total. The van der Waals surface area contributed by atoms with E-state index in [1.807, 2.05) is 61.5 Å². The monoisotopic (exact) mass is 438 g/mol. The number of alkyl halides is 1. The van der Waals surface area contributed by atoms with Crippen LogP contribution in [0.5, 0.6) is 0 Å². The fraction of sp³-hybridized carbons (Fsp3) is 0.136. The Morgan fingerprint density at radius 1 is 1.13 bits per heavy atom. The van der Waals surface area contributed by atoms with Crippen LogP contribution in [0.3, 0.4) is 0 Å². The Morgan fingerprint density at radius 2 is 1.93 bits per heavy atom. The molecule has 4 aromatic rings. The standard InChI is InChI=1S/C22H19ClN4O2S/c1-13-6-5-7-14(10-13)11-18(28)24-20-16-12-17(30-22(16)27-26-20)21(29)25-19(23)15-8-3-2-4-9-15/h2-10,12,19H,11H2,1H3,(H,25,29)(H2,24,26,27,28). The predicted molar refractivity (Wildman–Crippen MR) is 120 cm³/mol. The smallest absolute Gasteiger partial charge is 0.262 e. The molecule has 30 heavy (non-hydrogen) atoms. The molecule has 1 unspecified atom stereocenters. The number of carbonyl (C=O) groups excluding carboxylic acids is 2. The number of halogens is 1. The molecule has 0 saturated carbocycles. The summed E-state index contributed by atoms with van der Waals surface area (Å²) in [5.74, 6) is 0.0237. The normalized spacial score (nSPS) is 11.9. The van der Waals surface area contributed by atoms with Crippen LogP contribution in [0, 0.1) is 6.92 Å². The third kappa shape index (κ3) is 4.53. The van der Waals surface area contributed by atoms with Gasteiger partial charge in [0.2, 0.25) is 5.91 Å². The summed E-state index contributed by atoms with van der Waals surface area (Å²) in [5.41, 5.74) is 2.20. The zero-order valence-corrected chi connectivity index (χ0v) is 17.7. The number of carbonyl (C=O) groups is 2. The van der Waals surface area contributed by atoms with E-state index in [4.69, 9.17) is 11.6 Å². The van der Waals surface area contributed by atoms with Gasteiger partial charge in [-0.2, -0.15) is 5.10 Å². The molecule has 0 saturated heterocycles. The number of anilines is 1. The summed E-state index contributed by atoms with van der Waals surface area (Å²) in [4.78, 5) is 26.1. The van der Waals surface area contributed by atoms with Crippen LogP contribution in [0.4, 0.5) is 5.82 Å². The van der Waals surface area contributed by atoms with Gasteiger partial charge in [0, 0.05) is 0 Å². The van der Waals surface area contributed by atoms with E-state index in [0.717, 1.165) is 16.7 Å². The van der Waals surface area contributed by atoms with Gasteiger partial charge in [-0.3, -0.25) is 14.7 Å². The third-order valence-corrected chi connectivity index (χ3v) is 5.93. The summed E-state index contributed by atoms with van der Waals surface area (Å²) < 4.78 is 0. The van der Waals surface area contributed by atoms with Crippen LogP contribution in [0.15, 0.2) is 60.7 Å². The second-order valence-corrected chi connectivity index (χ2v) is 8.36. The van der Waals surface area contributed by atoms with Crippen molar-refractivity contribution in [1.29, 1.82) is 0 Å². The molecule has 152 valence electrons. The second kappa shape index (κ2) is 8.69. The van der Waals surface area contributed by atoms with Crippen molar-refractivity contribution < 1.29 is 9.59 Å². The number of thiophene rings is 1. The number of aryl methyl sites for hydroxylation is 1. The quantitative estimate of drug-likeness (QED) is 0.299. The van der Waals surface area contributed by atoms with Crippen LogP contribution < -0.4 is 10.6 Å². The SMILES string of the molecule is Cc1cccc(CC(=O)Nc2[nH]nc3sc(C(=O)NC(Cl)c4ccccc4)cc23)c1. The number of fused-ring (bicyclic) bond motifs is 1. The van der Waals surface area contributed by atoms with Gasteiger partial charge in [0.15, 0.2) is 0 Å². The molecule has 6 nitrogen and oxygen atoms in total. The lowest BCUT2D eigenvalue weighted by atomic mass is 10.1. The van der Waals surface area contributed by atoms with Gasteiger partial charge < -0.3 is 10.6 Å². The van der Waals surface area contributed by atoms with Crippen LogP contribution in [-0.4, -0.2) is 22.0 Å². The minimum atomic E-state index is -0.636. The van der Waals surface area contributed by atoms with Gasteiger partial charge in [-0.25, -0.2) is 0 Å². The van der Waals surface area contributed by atoms with Gasteiger partial charge >= 0.3 is 0 Å². The average Bonchev–Trinajstić information content (AvgIpc) is 3.31. The third-order valence-electron chi connectivity index (χ3n) is 4.54. The van der Waals surface area contributed by atoms with E-state index < -0.39 is 5.50 Å². The average molecular weight is 439 g/mol. The molecular weight excluding hydrogens is 420 g/mol. The van der Waals surface area contributed by atoms with Crippen LogP contribution in [0.2, 0.25) is 0 Å². The number of aromatic nitrogens is 2. The summed E-state index contributed by atoms with van der Waals surface area (Å²) in [6, 6.07) is 18.8. The Hall–Kier alpha value is -3.16. The molecule has 8 heteroatoms. The lowest BCUT2D eigenvalue weighted by Crippen LogP contribution is -2.24. The lowest BCUT2D eigenvalue weighted by molar-refractivity contribution is -0.115. The van der Waals surface area contributed by atoms with Gasteiger partial charge in [-0.1, -0.05) is 71.8 Å². The van der Waals surface area contributed by atoms with Gasteiger partial charge in [-0.05, 0) is 24.1 Å². The van der Waals surface area contributed by atoms with Crippen molar-refractivity contribution in [2.75, 3.05) is 5.32 Å². The highest BCUT2D eigenvalue weighted by Crippen LogP contribution is 2.30. The van der Waals surface area contributed by atoms with Gasteiger partial charge in [0.05, 0.1) is 16.7 Å². The van der Waals surface area contributed by atoms with Crippen molar-refractivity contribution in [3.63, 3.8) is 0 Å². The molecule has 0 bridgehead atoms. The van der Waals surface area contributed by atoms with Crippen LogP contribution >= 0.6 is 22.9 Å². The zero-order chi connectivity index (χ0) is 21.1. The molecule has 0 aliphatic rings. The van der Waals surface area contributed by atoms with Crippen molar-refractivity contribution in [3.05, 3.63) is 82.2 Å². The maximum atomic E-state index is 12.6. The van der Waals surface area contributed by atoms with Gasteiger partial charge in [-0.15, -0.1) is 11.3 Å². The van der Waals surface area contributed by atoms with Crippen LogP contribution in [0.25, 0.3) is 10.2 Å². The van der Waals surface area contributed by atoms with Crippen molar-refractivity contribution in [1.82, 2.24) is 15.5 Å². The van der Waals surface area contributed by atoms with E-state index >= 15 is 0 Å². The molecule has 0 aliphatic carbocycles. The first-order valence-electron chi connectivity index (χ1n) is 9.33. The van der Waals surface area contributed by atoms with Crippen LogP contribution in [-0.2, 0) is 11.2 Å². The van der Waals surface area contributed by atoms with Crippen LogP contribution in [0.1, 0.15) is 31.9 Å². The van der Waals surface area contributed by atoms with Gasteiger partial charge in [0.1, 0.15) is 16.1 Å². The Bertz CT molecular complexity index is 1200. The number of amides is 2. The highest BCUT2D eigenvalue weighted by Gasteiger charge is 2.19. The second-order valence-electron chi connectivity index (χ2n) is 6.89. The van der Waals surface area contributed by atoms with Crippen molar-refractivity contribution in [3.8, 4) is 0 Å². The Morgan fingerprint density at radius 3 is 2.70 bits per heavy atom. The lowest BCUT2D eigenvalue weighted by Gasteiger charge is -2.11. The van der Waals surface area contributed by atoms with E-state index in [9.17, 15) is 9.59 Å². The highest BCUT2D eigenvalue weighted by atomic mass is 35.5. The molecule has 2 heterocycles. The van der Waals surface area contributed by atoms with Crippen molar-refractivity contribution in [2.24, 2.45) is 0 Å². The summed E-state index contributed by atoms with van der Waals surface area (Å²) in [7, 11) is 0. The molecule has 0 spiro atoms. The topological polar surface area (TPSA) is 86.9 Å². The van der Waals surface area contributed by atoms with Crippen molar-refractivity contribution in [2.45, 2.75) is 18.8 Å². The fourth-order valence-corrected chi connectivity index (χ4v) is 4.24. The molecule has 0 fully saturated rings. The number of hydrogen-bond acceptors (Lipinski definition) is 4. The molecule has 4 rings (SSSR count). The number of rotatable bonds is 6. The Kier molecular flexibility index (Phi) is 5.83. The summed E-state index contributed by atoms with van der Waals surface area (Å²) >= 11 is 7.54. The number of H-pyrrole nitrogens is 1. The van der Waals surface area contributed by atoms with E-state index in [1.54, 1.807) is 6.07 Å². The fourth-order valence-electron chi connectivity index (χ4n) is 3.10. The number of aromatic amines is 1. The molecule has 0 aliphatic heterocycles. The highest BCUT2D eigenvalue weighted by molar-refractivity contribution is 7.20. The molecule has 2 aromatic heterocycles. The van der Waals surface area contributed by atoms with Gasteiger partial charge in [0.25, 0.3) is 5.91 Å². The Labute approximate surface area is 182 Å². The Balaban J connectivity index is 1.45. The number of nitrogens with zero attached hydrogens (tertiary/aromatic N) is 1. The maximum absolute atomic E-state index is 12.6. The molecule has 2 aromatic carbocycles. The van der Waals surface area contributed by atoms with Crippen molar-refractivity contribution >= 4 is 50.8 Å². The summed E-state index contributed by atoms with van der Waals surface area (Å²) in [6.07, 6.45) is 0.255. The van der Waals surface area contributed by atoms with E-state index in [-0.39, 0.29) is 18.2 Å². The first kappa shape index (κ1) is 20.1. The van der Waals surface area contributed by atoms with E-state index in [1.165, 1.54) is 11.3 Å². The number of hydrogen-bond donors (Lipinski definition) is 3. The number of nitrogens with one attached hydrogen (secondary N) is 3. The first-order valence-corrected chi connectivity index (χ1v) is 10.6. The summed E-state index contributed by atoms with van der Waals surface area (Å²) in [5, 5.41) is 13.3. The first-order chi connectivity index (χ1) is 14.5. The molecule has 0 radical (unpaired) electrons. The van der Waals surface area contributed by atoms with E-state index in [2.05, 4.69) is 20.8 Å². The predicted octanol–water partition coefficient (Wildman–Crippen LogP) is 4.78. The maximum Gasteiger partial charge on any atom is 0.262 e. The summed E-state index contributed by atoms with van der Waals surface area (Å²) in [6.45, 7) is 1.99.